The summed E-state index contributed by atoms with van der Waals surface area (Å²) < 4.78 is 7.32. The molecule has 2 heterocycles. The molecule has 1 fully saturated rings. The van der Waals surface area contributed by atoms with Crippen LogP contribution in [0.3, 0.4) is 0 Å². The quantitative estimate of drug-likeness (QED) is 0.658. The van der Waals surface area contributed by atoms with Gasteiger partial charge in [0.2, 0.25) is 5.90 Å². The number of esters is 1. The summed E-state index contributed by atoms with van der Waals surface area (Å²) in [4.78, 5) is 17.2. The van der Waals surface area contributed by atoms with Crippen molar-refractivity contribution in [3.8, 4) is 0 Å². The van der Waals surface area contributed by atoms with Gasteiger partial charge in [0.15, 0.2) is 11.2 Å². The Kier molecular flexibility index (Phi) is 4.50. The van der Waals surface area contributed by atoms with E-state index < -0.39 is 6.04 Å². The number of hydrogen-bond donors (Lipinski definition) is 1. The molecule has 126 valence electrons. The number of cyclic esters (lactones) is 1. The monoisotopic (exact) mass is 369 g/mol. The van der Waals surface area contributed by atoms with E-state index in [1.807, 2.05) is 65.0 Å². The molecule has 2 aliphatic rings. The van der Waals surface area contributed by atoms with Gasteiger partial charge in [-0.25, -0.2) is 9.79 Å². The largest absolute Gasteiger partial charge is 0.405 e. The maximum absolute atomic E-state index is 12.6. The third-order valence-electron chi connectivity index (χ3n) is 4.00. The van der Waals surface area contributed by atoms with Crippen LogP contribution in [-0.2, 0) is 9.53 Å². The lowest BCUT2D eigenvalue weighted by atomic mass is 10.00. The van der Waals surface area contributed by atoms with Gasteiger partial charge < -0.3 is 4.74 Å². The molecule has 0 amide bonds. The topological polar surface area (TPSA) is 65.8 Å². The van der Waals surface area contributed by atoms with Crippen molar-refractivity contribution >= 4 is 40.7 Å². The van der Waals surface area contributed by atoms with Crippen molar-refractivity contribution in [1.29, 1.82) is 5.41 Å². The molecule has 2 atom stereocenters. The van der Waals surface area contributed by atoms with Gasteiger partial charge in [0, 0.05) is 5.56 Å². The van der Waals surface area contributed by atoms with Crippen LogP contribution in [0, 0.1) is 5.41 Å². The number of benzene rings is 2. The number of carbonyl (C=O) groups is 1. The summed E-state index contributed by atoms with van der Waals surface area (Å²) >= 11 is 2.99. The molecule has 4 rings (SSSR count). The molecule has 2 aromatic carbocycles. The summed E-state index contributed by atoms with van der Waals surface area (Å²) in [6, 6.07) is 18.1. The number of carbonyl (C=O) groups excluding carboxylic acids is 1. The van der Waals surface area contributed by atoms with Crippen molar-refractivity contribution in [2.75, 3.05) is 5.08 Å². The lowest BCUT2D eigenvalue weighted by Gasteiger charge is -2.29. The first-order chi connectivity index (χ1) is 12.2. The normalized spacial score (nSPS) is 21.2. The smallest absolute Gasteiger partial charge is 0.340 e. The third kappa shape index (κ3) is 3.17. The van der Waals surface area contributed by atoms with Crippen molar-refractivity contribution in [2.45, 2.75) is 12.1 Å². The number of thioether (sulfide) groups is 1. The van der Waals surface area contributed by atoms with Gasteiger partial charge in [0.05, 0.1) is 5.08 Å². The van der Waals surface area contributed by atoms with E-state index in [0.29, 0.717) is 11.1 Å². The van der Waals surface area contributed by atoms with Gasteiger partial charge in [-0.3, -0.25) is 9.71 Å². The first-order valence-electron chi connectivity index (χ1n) is 7.77. The Hall–Kier alpha value is -2.25. The fraction of sp³-hybridized carbons (Fsp3) is 0.167. The molecular weight excluding hydrogens is 354 g/mol. The highest BCUT2D eigenvalue weighted by Gasteiger charge is 2.43. The van der Waals surface area contributed by atoms with Crippen LogP contribution in [0.5, 0.6) is 0 Å². The highest BCUT2D eigenvalue weighted by molar-refractivity contribution is 8.27. The van der Waals surface area contributed by atoms with Crippen LogP contribution in [0.25, 0.3) is 0 Å². The van der Waals surface area contributed by atoms with Gasteiger partial charge in [-0.15, -0.1) is 0 Å². The summed E-state index contributed by atoms with van der Waals surface area (Å²) in [5, 5.41) is 9.40. The second-order valence-electron chi connectivity index (χ2n) is 5.54. The molecule has 2 aromatic rings. The van der Waals surface area contributed by atoms with E-state index in [1.165, 1.54) is 23.7 Å². The standard InChI is InChI=1S/C18H15N3O2S2/c19-18-21(25-11-24-18)15(12-7-3-1-4-8-12)14-17(22)23-16(20-14)13-9-5-2-6-10-13/h1-10,14-15,19H,11H2/t14-,15+/m0/s1. The average molecular weight is 369 g/mol. The summed E-state index contributed by atoms with van der Waals surface area (Å²) in [5.74, 6) is -0.0297. The molecule has 0 aliphatic carbocycles. The first kappa shape index (κ1) is 16.2. The molecule has 5 nitrogen and oxygen atoms in total. The van der Waals surface area contributed by atoms with Crippen molar-refractivity contribution in [3.63, 3.8) is 0 Å². The molecular formula is C18H15N3O2S2. The molecule has 2 aliphatic heterocycles. The van der Waals surface area contributed by atoms with Gasteiger partial charge in [0.1, 0.15) is 6.04 Å². The third-order valence-corrected chi connectivity index (χ3v) is 6.16. The molecule has 0 bridgehead atoms. The van der Waals surface area contributed by atoms with Crippen LogP contribution in [0.1, 0.15) is 17.2 Å². The Morgan fingerprint density at radius 2 is 1.80 bits per heavy atom. The maximum atomic E-state index is 12.6. The van der Waals surface area contributed by atoms with Gasteiger partial charge >= 0.3 is 5.97 Å². The zero-order valence-corrected chi connectivity index (χ0v) is 14.8. The SMILES string of the molecule is N=C1SCSN1[C@H](c1ccccc1)[C@@H]1N=C(c2ccccc2)OC1=O. The lowest BCUT2D eigenvalue weighted by molar-refractivity contribution is -0.135. The fourth-order valence-electron chi connectivity index (χ4n) is 2.84. The Labute approximate surface area is 154 Å². The first-order valence-corrected chi connectivity index (χ1v) is 9.70. The maximum Gasteiger partial charge on any atom is 0.340 e. The zero-order valence-electron chi connectivity index (χ0n) is 13.2. The molecule has 1 N–H and O–H groups in total. The number of ether oxygens (including phenoxy) is 1. The van der Waals surface area contributed by atoms with Crippen LogP contribution in [0.15, 0.2) is 65.7 Å². The van der Waals surface area contributed by atoms with Gasteiger partial charge in [-0.05, 0) is 29.6 Å². The molecule has 7 heteroatoms. The van der Waals surface area contributed by atoms with Crippen molar-refractivity contribution < 1.29 is 9.53 Å². The van der Waals surface area contributed by atoms with Crippen LogP contribution >= 0.6 is 23.7 Å². The minimum atomic E-state index is -0.691. The number of nitrogens with zero attached hydrogens (tertiary/aromatic N) is 2. The summed E-state index contributed by atoms with van der Waals surface area (Å²) in [6.07, 6.45) is 0. The minimum Gasteiger partial charge on any atom is -0.405 e. The second kappa shape index (κ2) is 6.93. The van der Waals surface area contributed by atoms with E-state index in [1.54, 1.807) is 0 Å². The Balaban J connectivity index is 1.73. The molecule has 0 aromatic heterocycles. The van der Waals surface area contributed by atoms with Crippen molar-refractivity contribution in [2.24, 2.45) is 4.99 Å². The Bertz CT molecular complexity index is 827. The average Bonchev–Trinajstić information content (AvgIpc) is 3.24. The predicted molar refractivity (Wildman–Crippen MR) is 102 cm³/mol. The molecule has 0 spiro atoms. The van der Waals surface area contributed by atoms with Crippen LogP contribution in [-0.4, -0.2) is 32.5 Å². The lowest BCUT2D eigenvalue weighted by Crippen LogP contribution is -2.35. The molecule has 0 saturated carbocycles. The van der Waals surface area contributed by atoms with Gasteiger partial charge in [-0.2, -0.15) is 0 Å². The summed E-state index contributed by atoms with van der Waals surface area (Å²) in [5.41, 5.74) is 1.73. The van der Waals surface area contributed by atoms with Gasteiger partial charge in [0.25, 0.3) is 0 Å². The molecule has 25 heavy (non-hydrogen) atoms. The number of hydrogen-bond acceptors (Lipinski definition) is 6. The second-order valence-corrected chi connectivity index (χ2v) is 7.81. The van der Waals surface area contributed by atoms with E-state index in [4.69, 9.17) is 10.1 Å². The fourth-order valence-corrected chi connectivity index (χ4v) is 5.02. The van der Waals surface area contributed by atoms with E-state index in [-0.39, 0.29) is 12.0 Å². The van der Waals surface area contributed by atoms with E-state index in [2.05, 4.69) is 4.99 Å². The highest BCUT2D eigenvalue weighted by Crippen LogP contribution is 2.42. The van der Waals surface area contributed by atoms with Crippen molar-refractivity contribution in [1.82, 2.24) is 4.31 Å². The number of amidine groups is 1. The molecule has 0 unspecified atom stereocenters. The Morgan fingerprint density at radius 3 is 2.44 bits per heavy atom. The molecule has 1 saturated heterocycles. The van der Waals surface area contributed by atoms with Crippen LogP contribution in [0.4, 0.5) is 0 Å². The molecule has 0 radical (unpaired) electrons. The summed E-state index contributed by atoms with van der Waals surface area (Å²) in [6.45, 7) is 0. The van der Waals surface area contributed by atoms with E-state index in [9.17, 15) is 4.79 Å². The van der Waals surface area contributed by atoms with Crippen LogP contribution in [0.2, 0.25) is 0 Å². The van der Waals surface area contributed by atoms with Crippen molar-refractivity contribution in [3.05, 3.63) is 71.8 Å². The number of rotatable bonds is 4. The summed E-state index contributed by atoms with van der Waals surface area (Å²) in [7, 11) is 0. The highest BCUT2D eigenvalue weighted by atomic mass is 32.2. The Morgan fingerprint density at radius 1 is 1.12 bits per heavy atom. The predicted octanol–water partition coefficient (Wildman–Crippen LogP) is 3.69. The number of aliphatic imine (C=N–C) groups is 1. The van der Waals surface area contributed by atoms with E-state index >= 15 is 0 Å². The minimum absolute atomic E-state index is 0.347. The zero-order chi connectivity index (χ0) is 17.2. The number of nitrogens with one attached hydrogen (secondary N) is 1. The van der Waals surface area contributed by atoms with Gasteiger partial charge in [-0.1, -0.05) is 60.3 Å². The van der Waals surface area contributed by atoms with E-state index in [0.717, 1.165) is 16.2 Å². The van der Waals surface area contributed by atoms with Crippen LogP contribution < -0.4 is 0 Å².